The molecule has 1 amide bonds. The number of nitrogens with one attached hydrogen (secondary N) is 1. The van der Waals surface area contributed by atoms with Gasteiger partial charge in [-0.15, -0.1) is 0 Å². The minimum Gasteiger partial charge on any atom is -0.497 e. The lowest BCUT2D eigenvalue weighted by Gasteiger charge is -2.25. The minimum absolute atomic E-state index is 0.140. The van der Waals surface area contributed by atoms with Crippen LogP contribution in [-0.4, -0.2) is 48.1 Å². The molecule has 11 heteroatoms. The van der Waals surface area contributed by atoms with Crippen LogP contribution in [0.1, 0.15) is 54.3 Å². The number of alkyl halides is 3. The maximum Gasteiger partial charge on any atom is 0.450 e. The summed E-state index contributed by atoms with van der Waals surface area (Å²) in [5, 5.41) is 2.62. The number of carbonyl (C=O) groups is 4. The van der Waals surface area contributed by atoms with Gasteiger partial charge in [0, 0.05) is 25.0 Å². The highest BCUT2D eigenvalue weighted by Gasteiger charge is 2.45. The topological polar surface area (TPSA) is 112 Å². The van der Waals surface area contributed by atoms with E-state index in [1.54, 1.807) is 12.1 Å². The van der Waals surface area contributed by atoms with Crippen molar-refractivity contribution in [3.05, 3.63) is 95.8 Å². The summed E-state index contributed by atoms with van der Waals surface area (Å²) in [6.45, 7) is 2.81. The van der Waals surface area contributed by atoms with E-state index in [-0.39, 0.29) is 30.9 Å². The fourth-order valence-electron chi connectivity index (χ4n) is 4.56. The Morgan fingerprint density at radius 1 is 0.886 bits per heavy atom. The second-order valence-electron chi connectivity index (χ2n) is 10.6. The molecule has 3 rings (SSSR count). The maximum atomic E-state index is 13.7. The number of Topliss-reactive ketones (excluding diaryl/α,β-unsaturated/α-hetero) is 3. The molecule has 3 aromatic rings. The zero-order valence-corrected chi connectivity index (χ0v) is 24.7. The number of nitrogens with zero attached hydrogens (tertiary/aromatic N) is 1. The van der Waals surface area contributed by atoms with Gasteiger partial charge >= 0.3 is 6.18 Å². The van der Waals surface area contributed by atoms with E-state index in [2.05, 4.69) is 10.3 Å². The first-order chi connectivity index (χ1) is 20.9. The molecule has 2 aromatic carbocycles. The molecular formula is C33H35F3N2O6. The third kappa shape index (κ3) is 9.84. The van der Waals surface area contributed by atoms with Crippen LogP contribution in [-0.2, 0) is 25.7 Å². The molecule has 1 N–H and O–H groups in total. The Hall–Kier alpha value is -4.38. The van der Waals surface area contributed by atoms with Gasteiger partial charge in [-0.3, -0.25) is 24.2 Å². The summed E-state index contributed by atoms with van der Waals surface area (Å²) in [6, 6.07) is 18.6. The molecule has 0 fully saturated rings. The number of methoxy groups -OCH3 is 1. The monoisotopic (exact) mass is 612 g/mol. The van der Waals surface area contributed by atoms with Gasteiger partial charge in [0.15, 0.2) is 11.6 Å². The quantitative estimate of drug-likeness (QED) is 0.206. The molecular weight excluding hydrogens is 577 g/mol. The van der Waals surface area contributed by atoms with Crippen molar-refractivity contribution in [3.8, 4) is 5.75 Å². The van der Waals surface area contributed by atoms with Gasteiger partial charge in [-0.1, -0.05) is 62.4 Å². The van der Waals surface area contributed by atoms with E-state index in [1.807, 2.05) is 30.3 Å². The summed E-state index contributed by atoms with van der Waals surface area (Å²) in [5.41, 5.74) is 1.25. The average molecular weight is 613 g/mol. The third-order valence-electron chi connectivity index (χ3n) is 7.08. The van der Waals surface area contributed by atoms with Crippen LogP contribution in [0.2, 0.25) is 0 Å². The second kappa shape index (κ2) is 15.9. The number of carbonyl (C=O) groups excluding carboxylic acids is 4. The smallest absolute Gasteiger partial charge is 0.450 e. The lowest BCUT2D eigenvalue weighted by Crippen LogP contribution is -2.42. The number of halogens is 3. The molecule has 44 heavy (non-hydrogen) atoms. The number of pyridine rings is 1. The van der Waals surface area contributed by atoms with Crippen molar-refractivity contribution in [2.75, 3.05) is 13.7 Å². The number of aromatic nitrogens is 1. The van der Waals surface area contributed by atoms with Crippen LogP contribution in [0.4, 0.5) is 13.2 Å². The van der Waals surface area contributed by atoms with E-state index in [1.165, 1.54) is 57.5 Å². The van der Waals surface area contributed by atoms with Gasteiger partial charge in [0.05, 0.1) is 26.2 Å². The Morgan fingerprint density at radius 2 is 1.55 bits per heavy atom. The first-order valence-corrected chi connectivity index (χ1v) is 14.0. The summed E-state index contributed by atoms with van der Waals surface area (Å²) in [4.78, 5) is 56.5. The molecule has 234 valence electrons. The van der Waals surface area contributed by atoms with Crippen LogP contribution in [0.25, 0.3) is 0 Å². The number of rotatable bonds is 16. The SMILES string of the molecule is COc1ccc([C@H](NC(=O)[C@H](COCc2ccccc2)CC(=O)c2ccccn2)C(=O)C[C@H](C(=O)C(F)(F)F)C(C)C)cc1. The second-order valence-corrected chi connectivity index (χ2v) is 10.6. The van der Waals surface area contributed by atoms with Gasteiger partial charge in [0.25, 0.3) is 0 Å². The van der Waals surface area contributed by atoms with E-state index >= 15 is 0 Å². The predicted molar refractivity (Wildman–Crippen MR) is 156 cm³/mol. The minimum atomic E-state index is -5.12. The van der Waals surface area contributed by atoms with Crippen LogP contribution in [0, 0.1) is 17.8 Å². The third-order valence-corrected chi connectivity index (χ3v) is 7.08. The predicted octanol–water partition coefficient (Wildman–Crippen LogP) is 5.72. The molecule has 0 aliphatic carbocycles. The fraction of sp³-hybridized carbons (Fsp3) is 0.364. The lowest BCUT2D eigenvalue weighted by molar-refractivity contribution is -0.177. The van der Waals surface area contributed by atoms with Crippen LogP contribution >= 0.6 is 0 Å². The van der Waals surface area contributed by atoms with Crippen LogP contribution in [0.3, 0.4) is 0 Å². The van der Waals surface area contributed by atoms with Crippen LogP contribution in [0.15, 0.2) is 79.0 Å². The Morgan fingerprint density at radius 3 is 2.11 bits per heavy atom. The Labute approximate surface area is 254 Å². The highest BCUT2D eigenvalue weighted by atomic mass is 19.4. The van der Waals surface area contributed by atoms with Crippen LogP contribution < -0.4 is 10.1 Å². The van der Waals surface area contributed by atoms with E-state index in [0.29, 0.717) is 5.75 Å². The first-order valence-electron chi connectivity index (χ1n) is 14.0. The van der Waals surface area contributed by atoms with Gasteiger partial charge in [-0.25, -0.2) is 0 Å². The van der Waals surface area contributed by atoms with Gasteiger partial charge < -0.3 is 14.8 Å². The molecule has 0 spiro atoms. The molecule has 1 heterocycles. The average Bonchev–Trinajstić information content (AvgIpc) is 3.01. The van der Waals surface area contributed by atoms with Crippen molar-refractivity contribution in [2.45, 2.75) is 45.5 Å². The van der Waals surface area contributed by atoms with E-state index in [9.17, 15) is 32.3 Å². The van der Waals surface area contributed by atoms with Crippen molar-refractivity contribution in [2.24, 2.45) is 17.8 Å². The summed E-state index contributed by atoms with van der Waals surface area (Å²) in [7, 11) is 1.44. The maximum absolute atomic E-state index is 13.7. The number of benzene rings is 2. The summed E-state index contributed by atoms with van der Waals surface area (Å²) in [6.07, 6.45) is -4.74. The standard InChI is InChI=1S/C33H35F3N2O6/c1-21(2)26(31(41)33(34,35)36)18-29(40)30(23-12-14-25(43-3)15-13-23)38-32(42)24(17-28(39)27-11-7-8-16-37-27)20-44-19-22-9-5-4-6-10-22/h4-16,21,24,26,30H,17-20H2,1-3H3,(H,38,42)/t24-,26-,30-/m0/s1. The van der Waals surface area contributed by atoms with E-state index in [0.717, 1.165) is 5.56 Å². The van der Waals surface area contributed by atoms with Crippen molar-refractivity contribution >= 4 is 23.3 Å². The highest BCUT2D eigenvalue weighted by Crippen LogP contribution is 2.30. The first kappa shape index (κ1) is 34.1. The Balaban J connectivity index is 1.89. The Kier molecular flexibility index (Phi) is 12.3. The number of hydrogen-bond donors (Lipinski definition) is 1. The molecule has 0 bridgehead atoms. The lowest BCUT2D eigenvalue weighted by atomic mass is 9.84. The zero-order chi connectivity index (χ0) is 32.3. The molecule has 1 aromatic heterocycles. The van der Waals surface area contributed by atoms with Crippen molar-refractivity contribution in [3.63, 3.8) is 0 Å². The van der Waals surface area contributed by atoms with Gasteiger partial charge in [0.1, 0.15) is 17.5 Å². The molecule has 3 atom stereocenters. The van der Waals surface area contributed by atoms with Crippen molar-refractivity contribution in [1.82, 2.24) is 10.3 Å². The van der Waals surface area contributed by atoms with E-state index in [4.69, 9.17) is 9.47 Å². The molecule has 0 unspecified atom stereocenters. The number of hydrogen-bond acceptors (Lipinski definition) is 7. The highest BCUT2D eigenvalue weighted by molar-refractivity contribution is 5.99. The molecule has 0 radical (unpaired) electrons. The van der Waals surface area contributed by atoms with Gasteiger partial charge in [-0.2, -0.15) is 13.2 Å². The van der Waals surface area contributed by atoms with E-state index < -0.39 is 59.6 Å². The molecule has 0 saturated carbocycles. The number of ketones is 3. The van der Waals surface area contributed by atoms with Crippen LogP contribution in [0.5, 0.6) is 5.75 Å². The van der Waals surface area contributed by atoms with Crippen molar-refractivity contribution < 1.29 is 41.8 Å². The molecule has 0 aliphatic rings. The Bertz CT molecular complexity index is 1400. The largest absolute Gasteiger partial charge is 0.497 e. The molecule has 0 aliphatic heterocycles. The normalized spacial score (nSPS) is 13.5. The summed E-state index contributed by atoms with van der Waals surface area (Å²) >= 11 is 0. The van der Waals surface area contributed by atoms with Gasteiger partial charge in [-0.05, 0) is 41.3 Å². The summed E-state index contributed by atoms with van der Waals surface area (Å²) in [5.74, 6) is -7.01. The van der Waals surface area contributed by atoms with Crippen molar-refractivity contribution in [1.29, 1.82) is 0 Å². The zero-order valence-electron chi connectivity index (χ0n) is 24.7. The fourth-order valence-corrected chi connectivity index (χ4v) is 4.56. The summed E-state index contributed by atoms with van der Waals surface area (Å²) < 4.78 is 51.0. The number of ether oxygens (including phenoxy) is 2. The molecule has 0 saturated heterocycles. The van der Waals surface area contributed by atoms with Gasteiger partial charge in [0.2, 0.25) is 11.7 Å². The number of amides is 1. The molecule has 8 nitrogen and oxygen atoms in total.